The summed E-state index contributed by atoms with van der Waals surface area (Å²) < 4.78 is 8.97. The minimum absolute atomic E-state index is 0.853. The number of rotatable bonds is 5. The van der Waals surface area contributed by atoms with Crippen LogP contribution in [0.1, 0.15) is 12.5 Å². The third-order valence-electron chi connectivity index (χ3n) is 8.70. The molecule has 0 aliphatic carbocycles. The number of aromatic nitrogens is 1. The van der Waals surface area contributed by atoms with Crippen LogP contribution in [0.2, 0.25) is 0 Å². The highest BCUT2D eigenvalue weighted by atomic mass is 16.5. The quantitative estimate of drug-likeness (QED) is 0.186. The molecule has 1 aliphatic rings. The van der Waals surface area contributed by atoms with Gasteiger partial charge in [0.25, 0.3) is 0 Å². The number of benzene rings is 6. The van der Waals surface area contributed by atoms with Gasteiger partial charge in [0.15, 0.2) is 0 Å². The Balaban J connectivity index is 1.21. The van der Waals surface area contributed by atoms with Crippen molar-refractivity contribution in [3.8, 4) is 50.6 Å². The van der Waals surface area contributed by atoms with Crippen LogP contribution in [-0.2, 0) is 0 Å². The lowest BCUT2D eigenvalue weighted by Gasteiger charge is -2.13. The van der Waals surface area contributed by atoms with E-state index in [1.165, 1.54) is 21.8 Å². The van der Waals surface area contributed by atoms with E-state index in [0.717, 1.165) is 61.7 Å². The van der Waals surface area contributed by atoms with Gasteiger partial charge < -0.3 is 9.30 Å². The van der Waals surface area contributed by atoms with Crippen molar-refractivity contribution in [2.45, 2.75) is 6.92 Å². The Labute approximate surface area is 263 Å². The Bertz CT molecular complexity index is 2260. The van der Waals surface area contributed by atoms with Gasteiger partial charge in [-0.25, -0.2) is 0 Å². The Hall–Kier alpha value is -5.86. The third kappa shape index (κ3) is 4.51. The first-order valence-corrected chi connectivity index (χ1v) is 15.3. The number of para-hydroxylation sites is 2. The van der Waals surface area contributed by atoms with Crippen molar-refractivity contribution in [1.82, 2.24) is 4.57 Å². The Morgan fingerprint density at radius 1 is 0.600 bits per heavy atom. The van der Waals surface area contributed by atoms with E-state index in [2.05, 4.69) is 157 Å². The van der Waals surface area contributed by atoms with E-state index >= 15 is 0 Å². The Morgan fingerprint density at radius 3 is 1.82 bits per heavy atom. The van der Waals surface area contributed by atoms with E-state index in [-0.39, 0.29) is 0 Å². The first-order chi connectivity index (χ1) is 22.2. The van der Waals surface area contributed by atoms with Crippen molar-refractivity contribution in [2.75, 3.05) is 0 Å². The highest BCUT2D eigenvalue weighted by molar-refractivity contribution is 6.09. The van der Waals surface area contributed by atoms with Crippen LogP contribution in [0.3, 0.4) is 0 Å². The van der Waals surface area contributed by atoms with Crippen molar-refractivity contribution in [1.29, 1.82) is 0 Å². The van der Waals surface area contributed by atoms with Crippen LogP contribution in [0.5, 0.6) is 11.5 Å². The highest BCUT2D eigenvalue weighted by Crippen LogP contribution is 2.48. The van der Waals surface area contributed by atoms with E-state index in [1.54, 1.807) is 0 Å². The number of nitrogens with zero attached hydrogens (tertiary/aromatic N) is 1. The number of hydrogen-bond acceptors (Lipinski definition) is 1. The molecule has 0 saturated heterocycles. The lowest BCUT2D eigenvalue weighted by atomic mass is 9.91. The fraction of sp³-hybridized carbons (Fsp3) is 0.0233. The molecule has 6 aromatic carbocycles. The molecule has 0 N–H and O–H groups in total. The van der Waals surface area contributed by atoms with Crippen LogP contribution < -0.4 is 4.74 Å². The highest BCUT2D eigenvalue weighted by Gasteiger charge is 2.22. The number of ether oxygens (including phenoxy) is 1. The molecule has 0 unspecified atom stereocenters. The summed E-state index contributed by atoms with van der Waals surface area (Å²) in [5.41, 5.74) is 12.6. The first-order valence-electron chi connectivity index (χ1n) is 15.3. The van der Waals surface area contributed by atoms with Gasteiger partial charge in [0.2, 0.25) is 0 Å². The molecular formula is C43H31NO. The standard InChI is InChI=1S/C43H31NO/c1-3-11-29(12-4-2)31-21-25-42-38(27-31)34-13-5-6-14-35(34)39-28-32(22-26-43(39)45-42)30-19-23-33(24-20-30)44-40-17-9-7-15-36(40)37-16-8-10-18-41(37)44/h3-28H,1H2,2H3/b12-4-,29-11+. The van der Waals surface area contributed by atoms with Crippen molar-refractivity contribution in [2.24, 2.45) is 0 Å². The lowest BCUT2D eigenvalue weighted by molar-refractivity contribution is 0.488. The fourth-order valence-electron chi connectivity index (χ4n) is 6.65. The summed E-state index contributed by atoms with van der Waals surface area (Å²) in [4.78, 5) is 0. The van der Waals surface area contributed by atoms with Crippen molar-refractivity contribution < 1.29 is 4.74 Å². The molecule has 0 bridgehead atoms. The largest absolute Gasteiger partial charge is 0.456 e. The smallest absolute Gasteiger partial charge is 0.135 e. The second kappa shape index (κ2) is 11.0. The zero-order valence-corrected chi connectivity index (χ0v) is 25.1. The molecule has 0 radical (unpaired) electrons. The van der Waals surface area contributed by atoms with Gasteiger partial charge in [-0.15, -0.1) is 0 Å². The monoisotopic (exact) mass is 577 g/mol. The second-order valence-corrected chi connectivity index (χ2v) is 11.3. The summed E-state index contributed by atoms with van der Waals surface area (Å²) in [5, 5.41) is 2.54. The van der Waals surface area contributed by atoms with Crippen LogP contribution in [-0.4, -0.2) is 4.57 Å². The molecule has 2 nitrogen and oxygen atoms in total. The minimum Gasteiger partial charge on any atom is -0.456 e. The predicted octanol–water partition coefficient (Wildman–Crippen LogP) is 12.0. The molecule has 7 aromatic rings. The number of hydrogen-bond donors (Lipinski definition) is 0. The van der Waals surface area contributed by atoms with Gasteiger partial charge in [-0.2, -0.15) is 0 Å². The summed E-state index contributed by atoms with van der Waals surface area (Å²) in [7, 11) is 0. The van der Waals surface area contributed by atoms with Crippen molar-refractivity contribution in [3.63, 3.8) is 0 Å². The maximum absolute atomic E-state index is 6.62. The number of fused-ring (bicyclic) bond motifs is 8. The van der Waals surface area contributed by atoms with Crippen LogP contribution in [0.15, 0.2) is 164 Å². The average molecular weight is 578 g/mol. The van der Waals surface area contributed by atoms with Gasteiger partial charge in [-0.3, -0.25) is 0 Å². The molecule has 0 atom stereocenters. The van der Waals surface area contributed by atoms with Crippen LogP contribution in [0.4, 0.5) is 0 Å². The lowest BCUT2D eigenvalue weighted by Crippen LogP contribution is -1.93. The summed E-state index contributed by atoms with van der Waals surface area (Å²) in [6.45, 7) is 5.95. The normalized spacial score (nSPS) is 12.4. The molecule has 0 saturated carbocycles. The van der Waals surface area contributed by atoms with Gasteiger partial charge in [0, 0.05) is 27.6 Å². The second-order valence-electron chi connectivity index (χ2n) is 11.3. The Kier molecular flexibility index (Phi) is 6.54. The van der Waals surface area contributed by atoms with Crippen molar-refractivity contribution in [3.05, 3.63) is 170 Å². The zero-order chi connectivity index (χ0) is 30.3. The molecular weight excluding hydrogens is 546 g/mol. The van der Waals surface area contributed by atoms with Gasteiger partial charge in [-0.05, 0) is 88.8 Å². The Morgan fingerprint density at radius 2 is 1.18 bits per heavy atom. The SMILES string of the molecule is C=C/C=C(\C=C/C)c1ccc2c(c1)-c1ccccc1-c1cc(-c3ccc(-n4c5ccccc5c5ccccc54)cc3)ccc1O2. The minimum atomic E-state index is 0.853. The third-order valence-corrected chi connectivity index (χ3v) is 8.70. The molecule has 0 amide bonds. The maximum Gasteiger partial charge on any atom is 0.135 e. The van der Waals surface area contributed by atoms with Gasteiger partial charge in [-0.1, -0.05) is 116 Å². The van der Waals surface area contributed by atoms with E-state index < -0.39 is 0 Å². The molecule has 1 aromatic heterocycles. The van der Waals surface area contributed by atoms with Gasteiger partial charge in [0.05, 0.1) is 11.0 Å². The zero-order valence-electron chi connectivity index (χ0n) is 25.1. The summed E-state index contributed by atoms with van der Waals surface area (Å²) in [5.74, 6) is 1.71. The van der Waals surface area contributed by atoms with E-state index in [9.17, 15) is 0 Å². The summed E-state index contributed by atoms with van der Waals surface area (Å²) in [6, 6.07) is 47.7. The molecule has 2 heteroatoms. The molecule has 8 rings (SSSR count). The average Bonchev–Trinajstić information content (AvgIpc) is 3.35. The van der Waals surface area contributed by atoms with Crippen LogP contribution in [0.25, 0.3) is 66.4 Å². The summed E-state index contributed by atoms with van der Waals surface area (Å²) >= 11 is 0. The van der Waals surface area contributed by atoms with E-state index in [1.807, 2.05) is 19.1 Å². The topological polar surface area (TPSA) is 14.2 Å². The number of allylic oxidation sites excluding steroid dienone is 5. The summed E-state index contributed by atoms with van der Waals surface area (Å²) in [6.07, 6.45) is 8.04. The van der Waals surface area contributed by atoms with E-state index in [0.29, 0.717) is 0 Å². The van der Waals surface area contributed by atoms with Crippen LogP contribution >= 0.6 is 0 Å². The van der Waals surface area contributed by atoms with Gasteiger partial charge >= 0.3 is 0 Å². The van der Waals surface area contributed by atoms with E-state index in [4.69, 9.17) is 4.74 Å². The molecule has 1 aliphatic heterocycles. The molecule has 0 fully saturated rings. The van der Waals surface area contributed by atoms with Crippen LogP contribution in [0, 0.1) is 0 Å². The predicted molar refractivity (Wildman–Crippen MR) is 190 cm³/mol. The van der Waals surface area contributed by atoms with Crippen molar-refractivity contribution >= 4 is 27.4 Å². The molecule has 214 valence electrons. The van der Waals surface area contributed by atoms with Gasteiger partial charge in [0.1, 0.15) is 11.5 Å². The maximum atomic E-state index is 6.62. The molecule has 45 heavy (non-hydrogen) atoms. The fourth-order valence-corrected chi connectivity index (χ4v) is 6.65. The molecule has 0 spiro atoms. The molecule has 2 heterocycles. The first kappa shape index (κ1) is 26.7.